The van der Waals surface area contributed by atoms with Gasteiger partial charge in [0.1, 0.15) is 6.61 Å². The summed E-state index contributed by atoms with van der Waals surface area (Å²) in [5.41, 5.74) is 5.47. The molecule has 92 valence electrons. The van der Waals surface area contributed by atoms with E-state index < -0.39 is 0 Å². The zero-order chi connectivity index (χ0) is 12.0. The Labute approximate surface area is 102 Å². The maximum Gasteiger partial charge on any atom is 0.248 e. The quantitative estimate of drug-likeness (QED) is 0.659. The molecule has 0 radical (unpaired) electrons. The smallest absolute Gasteiger partial charge is 0.248 e. The van der Waals surface area contributed by atoms with Crippen LogP contribution >= 0.6 is 12.2 Å². The summed E-state index contributed by atoms with van der Waals surface area (Å²) in [4.78, 5) is 16.1. The number of rotatable bonds is 5. The molecule has 0 aromatic rings. The van der Waals surface area contributed by atoms with Gasteiger partial charge in [-0.3, -0.25) is 9.69 Å². The second kappa shape index (κ2) is 6.78. The SMILES string of the molecule is CCOCC(=O)N1CCN(CC(N)=S)CC1. The van der Waals surface area contributed by atoms with E-state index in [9.17, 15) is 4.79 Å². The van der Waals surface area contributed by atoms with E-state index in [1.54, 1.807) is 0 Å². The second-order valence-electron chi connectivity index (χ2n) is 3.76. The molecule has 5 nitrogen and oxygen atoms in total. The van der Waals surface area contributed by atoms with E-state index in [2.05, 4.69) is 4.90 Å². The van der Waals surface area contributed by atoms with Gasteiger partial charge in [-0.2, -0.15) is 0 Å². The molecule has 16 heavy (non-hydrogen) atoms. The lowest BCUT2D eigenvalue weighted by Gasteiger charge is -2.34. The molecule has 1 rings (SSSR count). The summed E-state index contributed by atoms with van der Waals surface area (Å²) in [7, 11) is 0. The van der Waals surface area contributed by atoms with Gasteiger partial charge < -0.3 is 15.4 Å². The van der Waals surface area contributed by atoms with Gasteiger partial charge in [0.25, 0.3) is 0 Å². The number of nitrogens with zero attached hydrogens (tertiary/aromatic N) is 2. The van der Waals surface area contributed by atoms with E-state index in [0.29, 0.717) is 18.1 Å². The summed E-state index contributed by atoms with van der Waals surface area (Å²) in [6, 6.07) is 0. The molecule has 0 aromatic heterocycles. The van der Waals surface area contributed by atoms with E-state index in [0.717, 1.165) is 26.2 Å². The van der Waals surface area contributed by atoms with E-state index >= 15 is 0 Å². The van der Waals surface area contributed by atoms with Gasteiger partial charge in [-0.15, -0.1) is 0 Å². The van der Waals surface area contributed by atoms with Gasteiger partial charge in [-0.05, 0) is 6.92 Å². The van der Waals surface area contributed by atoms with Crippen molar-refractivity contribution < 1.29 is 9.53 Å². The standard InChI is InChI=1S/C10H19N3O2S/c1-2-15-8-10(14)13-5-3-12(4-6-13)7-9(11)16/h2-8H2,1H3,(H2,11,16). The Morgan fingerprint density at radius 3 is 2.50 bits per heavy atom. The molecule has 0 spiro atoms. The summed E-state index contributed by atoms with van der Waals surface area (Å²) < 4.78 is 5.09. The number of carbonyl (C=O) groups excluding carboxylic acids is 1. The molecule has 0 unspecified atom stereocenters. The fraction of sp³-hybridized carbons (Fsp3) is 0.800. The van der Waals surface area contributed by atoms with Crippen LogP contribution in [0, 0.1) is 0 Å². The first-order chi connectivity index (χ1) is 7.63. The molecule has 0 atom stereocenters. The van der Waals surface area contributed by atoms with Crippen molar-refractivity contribution in [2.75, 3.05) is 45.9 Å². The fourth-order valence-electron chi connectivity index (χ4n) is 1.66. The minimum absolute atomic E-state index is 0.0665. The molecule has 1 heterocycles. The number of piperazine rings is 1. The number of thiocarbonyl (C=S) groups is 1. The number of amides is 1. The van der Waals surface area contributed by atoms with E-state index in [-0.39, 0.29) is 12.5 Å². The van der Waals surface area contributed by atoms with Gasteiger partial charge >= 0.3 is 0 Å². The molecule has 2 N–H and O–H groups in total. The molecule has 0 aromatic carbocycles. The van der Waals surface area contributed by atoms with Crippen LogP contribution in [-0.4, -0.2) is 66.6 Å². The molecule has 0 aliphatic carbocycles. The minimum Gasteiger partial charge on any atom is -0.392 e. The topological polar surface area (TPSA) is 58.8 Å². The maximum absolute atomic E-state index is 11.6. The monoisotopic (exact) mass is 245 g/mol. The maximum atomic E-state index is 11.6. The first-order valence-electron chi connectivity index (χ1n) is 5.49. The Kier molecular flexibility index (Phi) is 5.65. The Morgan fingerprint density at radius 1 is 1.38 bits per heavy atom. The number of hydrogen-bond donors (Lipinski definition) is 1. The van der Waals surface area contributed by atoms with Crippen molar-refractivity contribution in [3.8, 4) is 0 Å². The van der Waals surface area contributed by atoms with Crippen molar-refractivity contribution in [2.45, 2.75) is 6.92 Å². The average molecular weight is 245 g/mol. The third-order valence-corrected chi connectivity index (χ3v) is 2.66. The summed E-state index contributed by atoms with van der Waals surface area (Å²) in [6.07, 6.45) is 0. The molecule has 1 aliphatic heterocycles. The first kappa shape index (κ1) is 13.3. The highest BCUT2D eigenvalue weighted by Gasteiger charge is 2.20. The van der Waals surface area contributed by atoms with E-state index in [1.165, 1.54) is 0 Å². The molecule has 0 bridgehead atoms. The van der Waals surface area contributed by atoms with Gasteiger partial charge in [-0.1, -0.05) is 12.2 Å². The van der Waals surface area contributed by atoms with Crippen LogP contribution in [0.4, 0.5) is 0 Å². The van der Waals surface area contributed by atoms with Crippen LogP contribution in [0.25, 0.3) is 0 Å². The van der Waals surface area contributed by atoms with Crippen LogP contribution in [0.3, 0.4) is 0 Å². The molecular formula is C10H19N3O2S. The fourth-order valence-corrected chi connectivity index (χ4v) is 1.84. The second-order valence-corrected chi connectivity index (χ2v) is 4.28. The number of nitrogens with two attached hydrogens (primary N) is 1. The molecule has 0 saturated carbocycles. The number of carbonyl (C=O) groups is 1. The summed E-state index contributed by atoms with van der Waals surface area (Å²) >= 11 is 4.85. The predicted molar refractivity (Wildman–Crippen MR) is 66.3 cm³/mol. The molecule has 1 amide bonds. The van der Waals surface area contributed by atoms with Crippen molar-refractivity contribution in [1.82, 2.24) is 9.80 Å². The van der Waals surface area contributed by atoms with Gasteiger partial charge in [-0.25, -0.2) is 0 Å². The minimum atomic E-state index is 0.0665. The van der Waals surface area contributed by atoms with Crippen molar-refractivity contribution in [3.63, 3.8) is 0 Å². The number of hydrogen-bond acceptors (Lipinski definition) is 4. The Bertz CT molecular complexity index is 252. The lowest BCUT2D eigenvalue weighted by Crippen LogP contribution is -2.51. The van der Waals surface area contributed by atoms with Crippen LogP contribution in [0.15, 0.2) is 0 Å². The van der Waals surface area contributed by atoms with E-state index in [1.807, 2.05) is 11.8 Å². The summed E-state index contributed by atoms with van der Waals surface area (Å²) in [5.74, 6) is 0.0665. The highest BCUT2D eigenvalue weighted by atomic mass is 32.1. The highest BCUT2D eigenvalue weighted by Crippen LogP contribution is 2.02. The Balaban J connectivity index is 2.25. The number of ether oxygens (including phenoxy) is 1. The van der Waals surface area contributed by atoms with Crippen molar-refractivity contribution in [3.05, 3.63) is 0 Å². The first-order valence-corrected chi connectivity index (χ1v) is 5.90. The predicted octanol–water partition coefficient (Wildman–Crippen LogP) is -0.547. The van der Waals surface area contributed by atoms with E-state index in [4.69, 9.17) is 22.7 Å². The lowest BCUT2D eigenvalue weighted by molar-refractivity contribution is -0.137. The largest absolute Gasteiger partial charge is 0.392 e. The molecule has 1 aliphatic rings. The zero-order valence-electron chi connectivity index (χ0n) is 9.65. The zero-order valence-corrected chi connectivity index (χ0v) is 10.5. The van der Waals surface area contributed by atoms with Crippen molar-refractivity contribution in [1.29, 1.82) is 0 Å². The summed E-state index contributed by atoms with van der Waals surface area (Å²) in [6.45, 7) is 6.41. The molecule has 1 fully saturated rings. The van der Waals surface area contributed by atoms with Gasteiger partial charge in [0.15, 0.2) is 0 Å². The van der Waals surface area contributed by atoms with Crippen LogP contribution < -0.4 is 5.73 Å². The Hall–Kier alpha value is -0.720. The summed E-state index contributed by atoms with van der Waals surface area (Å²) in [5, 5.41) is 0. The third kappa shape index (κ3) is 4.42. The molecule has 6 heteroatoms. The van der Waals surface area contributed by atoms with Gasteiger partial charge in [0.05, 0.1) is 4.99 Å². The van der Waals surface area contributed by atoms with Crippen LogP contribution in [0.1, 0.15) is 6.92 Å². The van der Waals surface area contributed by atoms with Crippen LogP contribution in [0.2, 0.25) is 0 Å². The highest BCUT2D eigenvalue weighted by molar-refractivity contribution is 7.80. The van der Waals surface area contributed by atoms with Crippen LogP contribution in [-0.2, 0) is 9.53 Å². The van der Waals surface area contributed by atoms with Gasteiger partial charge in [0, 0.05) is 39.3 Å². The van der Waals surface area contributed by atoms with Gasteiger partial charge in [0.2, 0.25) is 5.91 Å². The molecular weight excluding hydrogens is 226 g/mol. The van der Waals surface area contributed by atoms with Crippen molar-refractivity contribution >= 4 is 23.1 Å². The normalized spacial score (nSPS) is 17.4. The Morgan fingerprint density at radius 2 is 2.00 bits per heavy atom. The average Bonchev–Trinajstić information content (AvgIpc) is 2.26. The van der Waals surface area contributed by atoms with Crippen molar-refractivity contribution in [2.24, 2.45) is 5.73 Å². The van der Waals surface area contributed by atoms with Crippen LogP contribution in [0.5, 0.6) is 0 Å². The molecule has 1 saturated heterocycles. The third-order valence-electron chi connectivity index (χ3n) is 2.53. The lowest BCUT2D eigenvalue weighted by atomic mass is 10.3.